The molecule has 14 heteroatoms. The van der Waals surface area contributed by atoms with Crippen molar-refractivity contribution < 1.29 is 53.4 Å². The molecule has 264 valence electrons. The standard InChI is InChI=1S/C35H42N2O12/c1-33-12-10-21(38)16-20(33)5-6-22-23-11-13-35(45,34(23,2)17-27(40)31(22)33)28(41)18-49-30(43)9-8-29(42)36-24(32(44)48-3)14-19-4-7-26(39)25(15-19)37(46)47/h4,7,15-16,22-24,31,39,45H,5-6,8-14,17-18H2,1-3H3,(H,36,42). The van der Waals surface area contributed by atoms with Gasteiger partial charge in [-0.25, -0.2) is 4.79 Å². The molecule has 0 spiro atoms. The predicted octanol–water partition coefficient (Wildman–Crippen LogP) is 2.84. The van der Waals surface area contributed by atoms with Crippen molar-refractivity contribution in [3.05, 3.63) is 45.5 Å². The Kier molecular flexibility index (Phi) is 9.84. The molecule has 14 nitrogen and oxygen atoms in total. The van der Waals surface area contributed by atoms with E-state index in [0.29, 0.717) is 32.1 Å². The van der Waals surface area contributed by atoms with E-state index in [4.69, 9.17) is 9.47 Å². The Morgan fingerprint density at radius 2 is 1.84 bits per heavy atom. The lowest BCUT2D eigenvalue weighted by Gasteiger charge is -2.57. The molecule has 1 aromatic rings. The van der Waals surface area contributed by atoms with Crippen molar-refractivity contribution in [3.8, 4) is 5.75 Å². The molecule has 7 atom stereocenters. The van der Waals surface area contributed by atoms with Crippen LogP contribution in [-0.4, -0.2) is 75.7 Å². The average Bonchev–Trinajstić information content (AvgIpc) is 3.33. The first-order valence-electron chi connectivity index (χ1n) is 16.6. The van der Waals surface area contributed by atoms with Crippen molar-refractivity contribution in [1.29, 1.82) is 0 Å². The molecule has 0 heterocycles. The highest BCUT2D eigenvalue weighted by atomic mass is 16.6. The molecule has 1 amide bonds. The zero-order valence-electron chi connectivity index (χ0n) is 27.8. The van der Waals surface area contributed by atoms with Gasteiger partial charge in [-0.15, -0.1) is 0 Å². The number of aromatic hydroxyl groups is 1. The zero-order chi connectivity index (χ0) is 35.9. The number of phenols is 1. The molecule has 0 aromatic heterocycles. The van der Waals surface area contributed by atoms with Crippen molar-refractivity contribution in [2.24, 2.45) is 28.6 Å². The number of nitrogens with zero attached hydrogens (tertiary/aromatic N) is 1. The van der Waals surface area contributed by atoms with Gasteiger partial charge in [-0.3, -0.25) is 34.1 Å². The van der Waals surface area contributed by atoms with Crippen LogP contribution in [0.2, 0.25) is 0 Å². The number of fused-ring (bicyclic) bond motifs is 5. The number of phenolic OH excluding ortho intramolecular Hbond substituents is 1. The minimum atomic E-state index is -1.88. The molecule has 0 saturated heterocycles. The van der Waals surface area contributed by atoms with Crippen molar-refractivity contribution in [3.63, 3.8) is 0 Å². The predicted molar refractivity (Wildman–Crippen MR) is 170 cm³/mol. The summed E-state index contributed by atoms with van der Waals surface area (Å²) in [5, 5.41) is 35.1. The number of ketones is 3. The molecule has 0 bridgehead atoms. The summed E-state index contributed by atoms with van der Waals surface area (Å²) in [4.78, 5) is 87.3. The van der Waals surface area contributed by atoms with Crippen LogP contribution in [0.25, 0.3) is 0 Å². The third-order valence-corrected chi connectivity index (χ3v) is 11.7. The zero-order valence-corrected chi connectivity index (χ0v) is 27.8. The molecule has 49 heavy (non-hydrogen) atoms. The first kappa shape index (κ1) is 35.8. The van der Waals surface area contributed by atoms with Crippen LogP contribution in [0, 0.1) is 38.7 Å². The van der Waals surface area contributed by atoms with E-state index in [1.54, 1.807) is 13.0 Å². The van der Waals surface area contributed by atoms with Gasteiger partial charge in [0.1, 0.15) is 17.4 Å². The lowest BCUT2D eigenvalue weighted by atomic mass is 9.46. The van der Waals surface area contributed by atoms with Crippen molar-refractivity contribution in [2.45, 2.75) is 89.7 Å². The number of amides is 1. The normalized spacial score (nSPS) is 30.9. The van der Waals surface area contributed by atoms with E-state index in [0.717, 1.165) is 24.8 Å². The van der Waals surface area contributed by atoms with Gasteiger partial charge in [-0.05, 0) is 67.1 Å². The van der Waals surface area contributed by atoms with E-state index in [9.17, 15) is 49.1 Å². The van der Waals surface area contributed by atoms with Gasteiger partial charge in [0.05, 0.1) is 18.5 Å². The Bertz CT molecular complexity index is 1640. The molecule has 4 aliphatic rings. The van der Waals surface area contributed by atoms with Crippen LogP contribution < -0.4 is 5.32 Å². The van der Waals surface area contributed by atoms with E-state index < -0.39 is 81.9 Å². The average molecular weight is 683 g/mol. The van der Waals surface area contributed by atoms with E-state index in [-0.39, 0.29) is 54.1 Å². The number of rotatable bonds is 11. The summed E-state index contributed by atoms with van der Waals surface area (Å²) in [6.45, 7) is 3.10. The van der Waals surface area contributed by atoms with Gasteiger partial charge in [0.15, 0.2) is 18.1 Å². The number of carbonyl (C=O) groups is 6. The van der Waals surface area contributed by atoms with Crippen LogP contribution >= 0.6 is 0 Å². The Morgan fingerprint density at radius 1 is 1.10 bits per heavy atom. The highest BCUT2D eigenvalue weighted by molar-refractivity contribution is 5.95. The fraction of sp³-hybridized carbons (Fsp3) is 0.600. The number of hydrogen-bond donors (Lipinski definition) is 3. The van der Waals surface area contributed by atoms with Gasteiger partial charge in [0.25, 0.3) is 0 Å². The van der Waals surface area contributed by atoms with Crippen molar-refractivity contribution in [1.82, 2.24) is 5.32 Å². The van der Waals surface area contributed by atoms with E-state index >= 15 is 0 Å². The number of nitrogens with one attached hydrogen (secondary N) is 1. The third kappa shape index (κ3) is 6.50. The lowest BCUT2D eigenvalue weighted by molar-refractivity contribution is -0.385. The maximum absolute atomic E-state index is 13.8. The topological polar surface area (TPSA) is 217 Å². The van der Waals surface area contributed by atoms with Gasteiger partial charge in [-0.2, -0.15) is 0 Å². The maximum Gasteiger partial charge on any atom is 0.328 e. The molecule has 0 radical (unpaired) electrons. The number of methoxy groups -OCH3 is 1. The van der Waals surface area contributed by atoms with Crippen LogP contribution in [0.1, 0.15) is 77.2 Å². The summed E-state index contributed by atoms with van der Waals surface area (Å²) in [6, 6.07) is 2.26. The SMILES string of the molecule is COC(=O)C(Cc1ccc(O)c([N+](=O)[O-])c1)NC(=O)CCC(=O)OCC(=O)C1(O)CCC2C3CCC4=CC(=O)CCC4(C)C3C(=O)CC21C. The van der Waals surface area contributed by atoms with Crippen LogP contribution in [0.4, 0.5) is 5.69 Å². The molecule has 5 rings (SSSR count). The number of nitro benzene ring substituents is 1. The first-order valence-corrected chi connectivity index (χ1v) is 16.6. The van der Waals surface area contributed by atoms with Gasteiger partial charge in [0.2, 0.25) is 11.7 Å². The summed E-state index contributed by atoms with van der Waals surface area (Å²) in [5.41, 5.74) is -2.63. The molecule has 1 aromatic carbocycles. The van der Waals surface area contributed by atoms with Gasteiger partial charge >= 0.3 is 17.6 Å². The molecule has 3 N–H and O–H groups in total. The molecule has 0 aliphatic heterocycles. The second-order valence-electron chi connectivity index (χ2n) is 14.3. The van der Waals surface area contributed by atoms with Crippen LogP contribution in [0.3, 0.4) is 0 Å². The van der Waals surface area contributed by atoms with E-state index in [1.807, 2.05) is 0 Å². The van der Waals surface area contributed by atoms with Crippen molar-refractivity contribution in [2.75, 3.05) is 13.7 Å². The quantitative estimate of drug-likeness (QED) is 0.174. The number of nitro groups is 1. The molecule has 7 unspecified atom stereocenters. The van der Waals surface area contributed by atoms with Crippen molar-refractivity contribution >= 4 is 40.9 Å². The van der Waals surface area contributed by atoms with Crippen LogP contribution in [0.15, 0.2) is 29.8 Å². The summed E-state index contributed by atoms with van der Waals surface area (Å²) in [6.07, 6.45) is 3.70. The highest BCUT2D eigenvalue weighted by Gasteiger charge is 2.68. The summed E-state index contributed by atoms with van der Waals surface area (Å²) in [7, 11) is 1.10. The van der Waals surface area contributed by atoms with Gasteiger partial charge < -0.3 is 25.0 Å². The number of carbonyl (C=O) groups excluding carboxylic acids is 6. The summed E-state index contributed by atoms with van der Waals surface area (Å²) in [5.74, 6) is -4.08. The number of benzene rings is 1. The number of Topliss-reactive ketones (excluding diaryl/α,β-unsaturated/α-hetero) is 2. The highest BCUT2D eigenvalue weighted by Crippen LogP contribution is 2.66. The molecule has 3 saturated carbocycles. The second-order valence-corrected chi connectivity index (χ2v) is 14.3. The molecule has 4 aliphatic carbocycles. The maximum atomic E-state index is 13.8. The minimum Gasteiger partial charge on any atom is -0.502 e. The van der Waals surface area contributed by atoms with Gasteiger partial charge in [-0.1, -0.05) is 25.5 Å². The number of ether oxygens (including phenoxy) is 2. The van der Waals surface area contributed by atoms with Crippen LogP contribution in [-0.2, 0) is 44.7 Å². The molecular weight excluding hydrogens is 640 g/mol. The monoisotopic (exact) mass is 682 g/mol. The largest absolute Gasteiger partial charge is 0.502 e. The number of allylic oxidation sites excluding steroid dienone is 1. The smallest absolute Gasteiger partial charge is 0.328 e. The number of hydrogen-bond acceptors (Lipinski definition) is 12. The lowest BCUT2D eigenvalue weighted by Crippen LogP contribution is -2.61. The van der Waals surface area contributed by atoms with Crippen LogP contribution in [0.5, 0.6) is 5.75 Å². The third-order valence-electron chi connectivity index (χ3n) is 11.7. The second kappa shape index (κ2) is 13.4. The molecule has 3 fully saturated rings. The van der Waals surface area contributed by atoms with E-state index in [1.165, 1.54) is 6.07 Å². The Morgan fingerprint density at radius 3 is 2.53 bits per heavy atom. The molecular formula is C35H42N2O12. The Balaban J connectivity index is 1.16. The Labute approximate surface area is 282 Å². The van der Waals surface area contributed by atoms with Gasteiger partial charge in [0, 0.05) is 43.1 Å². The first-order chi connectivity index (χ1) is 23.0. The summed E-state index contributed by atoms with van der Waals surface area (Å²) < 4.78 is 9.89. The number of esters is 2. The number of aliphatic hydroxyl groups is 1. The summed E-state index contributed by atoms with van der Waals surface area (Å²) >= 11 is 0. The Hall–Kier alpha value is -4.46. The van der Waals surface area contributed by atoms with E-state index in [2.05, 4.69) is 12.2 Å². The fourth-order valence-electron chi connectivity index (χ4n) is 9.08. The minimum absolute atomic E-state index is 0.00482. The fourth-order valence-corrected chi connectivity index (χ4v) is 9.08.